The van der Waals surface area contributed by atoms with Crippen molar-refractivity contribution in [3.8, 4) is 0 Å². The molecular weight excluding hydrogens is 222 g/mol. The van der Waals surface area contributed by atoms with E-state index in [1.165, 1.54) is 0 Å². The minimum absolute atomic E-state index is 0.213. The van der Waals surface area contributed by atoms with Gasteiger partial charge in [-0.25, -0.2) is 0 Å². The third-order valence-corrected chi connectivity index (χ3v) is 2.91. The second kappa shape index (κ2) is 5.53. The number of furan rings is 1. The average molecular weight is 236 g/mol. The largest absolute Gasteiger partial charge is 0.448 e. The van der Waals surface area contributed by atoms with Crippen LogP contribution in [0, 0.1) is 0 Å². The van der Waals surface area contributed by atoms with Crippen LogP contribution < -0.4 is 5.32 Å². The molecule has 0 aliphatic rings. The Morgan fingerprint density at radius 1 is 1.64 bits per heavy atom. The molecule has 1 rings (SSSR count). The zero-order chi connectivity index (χ0) is 10.6. The molecule has 0 saturated carbocycles. The molecule has 0 aliphatic heterocycles. The van der Waals surface area contributed by atoms with Crippen LogP contribution in [-0.4, -0.2) is 22.3 Å². The average Bonchev–Trinajstić information content (AvgIpc) is 2.47. The van der Waals surface area contributed by atoms with E-state index in [1.54, 1.807) is 12.3 Å². The van der Waals surface area contributed by atoms with Crippen molar-refractivity contribution in [1.82, 2.24) is 5.32 Å². The third-order valence-electron chi connectivity index (χ3n) is 1.74. The number of halogens is 1. The molecule has 5 heteroatoms. The summed E-state index contributed by atoms with van der Waals surface area (Å²) >= 11 is 5.62. The van der Waals surface area contributed by atoms with Crippen LogP contribution in [0.2, 0.25) is 5.22 Å². The van der Waals surface area contributed by atoms with E-state index < -0.39 is 10.8 Å². The molecule has 14 heavy (non-hydrogen) atoms. The molecule has 0 saturated heterocycles. The van der Waals surface area contributed by atoms with E-state index in [0.717, 1.165) is 5.76 Å². The Labute approximate surface area is 91.3 Å². The van der Waals surface area contributed by atoms with Crippen molar-refractivity contribution in [2.75, 3.05) is 12.0 Å². The fourth-order valence-corrected chi connectivity index (χ4v) is 2.12. The van der Waals surface area contributed by atoms with Crippen LogP contribution in [0.25, 0.3) is 0 Å². The highest BCUT2D eigenvalue weighted by Crippen LogP contribution is 2.12. The first-order valence-corrected chi connectivity index (χ1v) is 6.46. The Morgan fingerprint density at radius 2 is 2.36 bits per heavy atom. The van der Waals surface area contributed by atoms with Gasteiger partial charge in [0.25, 0.3) is 0 Å². The van der Waals surface area contributed by atoms with Gasteiger partial charge in [0.15, 0.2) is 5.22 Å². The lowest BCUT2D eigenvalue weighted by atomic mass is 10.3. The van der Waals surface area contributed by atoms with Crippen LogP contribution in [0.3, 0.4) is 0 Å². The van der Waals surface area contributed by atoms with E-state index in [9.17, 15) is 4.21 Å². The van der Waals surface area contributed by atoms with Crippen molar-refractivity contribution in [1.29, 1.82) is 0 Å². The molecule has 0 fully saturated rings. The van der Waals surface area contributed by atoms with E-state index in [-0.39, 0.29) is 6.04 Å². The molecule has 0 spiro atoms. The molecule has 1 aromatic heterocycles. The van der Waals surface area contributed by atoms with Gasteiger partial charge in [-0.3, -0.25) is 4.21 Å². The molecule has 1 N–H and O–H groups in total. The minimum Gasteiger partial charge on any atom is -0.448 e. The topological polar surface area (TPSA) is 42.2 Å². The van der Waals surface area contributed by atoms with Crippen molar-refractivity contribution in [2.24, 2.45) is 0 Å². The second-order valence-electron chi connectivity index (χ2n) is 3.23. The maximum absolute atomic E-state index is 10.9. The SMILES string of the molecule is CC(CS(C)=O)NCc1ccc(Cl)o1. The van der Waals surface area contributed by atoms with E-state index in [0.29, 0.717) is 17.5 Å². The van der Waals surface area contributed by atoms with Crippen molar-refractivity contribution >= 4 is 22.4 Å². The van der Waals surface area contributed by atoms with Gasteiger partial charge in [0.05, 0.1) is 6.54 Å². The molecule has 0 radical (unpaired) electrons. The van der Waals surface area contributed by atoms with Crippen LogP contribution in [0.4, 0.5) is 0 Å². The first-order valence-electron chi connectivity index (χ1n) is 4.35. The van der Waals surface area contributed by atoms with Crippen LogP contribution in [0.5, 0.6) is 0 Å². The first kappa shape index (κ1) is 11.8. The van der Waals surface area contributed by atoms with Gasteiger partial charge in [-0.1, -0.05) is 0 Å². The highest BCUT2D eigenvalue weighted by molar-refractivity contribution is 7.84. The number of hydrogen-bond acceptors (Lipinski definition) is 3. The lowest BCUT2D eigenvalue weighted by molar-refractivity contribution is 0.467. The summed E-state index contributed by atoms with van der Waals surface area (Å²) in [6.07, 6.45) is 1.70. The summed E-state index contributed by atoms with van der Waals surface area (Å²) in [5, 5.41) is 3.59. The van der Waals surface area contributed by atoms with Gasteiger partial charge in [-0.15, -0.1) is 0 Å². The maximum atomic E-state index is 10.9. The molecular formula is C9H14ClNO2S. The van der Waals surface area contributed by atoms with Crippen LogP contribution in [0.15, 0.2) is 16.5 Å². The zero-order valence-corrected chi connectivity index (χ0v) is 9.82. The van der Waals surface area contributed by atoms with Gasteiger partial charge < -0.3 is 9.73 Å². The molecule has 1 aromatic rings. The van der Waals surface area contributed by atoms with Gasteiger partial charge in [0.2, 0.25) is 0 Å². The molecule has 1 heterocycles. The highest BCUT2D eigenvalue weighted by atomic mass is 35.5. The van der Waals surface area contributed by atoms with E-state index in [2.05, 4.69) is 5.32 Å². The number of nitrogens with one attached hydrogen (secondary N) is 1. The number of rotatable bonds is 5. The molecule has 0 bridgehead atoms. The molecule has 80 valence electrons. The van der Waals surface area contributed by atoms with E-state index in [4.69, 9.17) is 16.0 Å². The molecule has 0 aromatic carbocycles. The smallest absolute Gasteiger partial charge is 0.193 e. The molecule has 0 aliphatic carbocycles. The monoisotopic (exact) mass is 235 g/mol. The first-order chi connectivity index (χ1) is 6.58. The minimum atomic E-state index is -0.768. The molecule has 2 atom stereocenters. The van der Waals surface area contributed by atoms with E-state index >= 15 is 0 Å². The van der Waals surface area contributed by atoms with Crippen molar-refractivity contribution < 1.29 is 8.63 Å². The van der Waals surface area contributed by atoms with Crippen molar-refractivity contribution in [3.63, 3.8) is 0 Å². The Bertz CT molecular complexity index is 314. The van der Waals surface area contributed by atoms with E-state index in [1.807, 2.05) is 13.0 Å². The quantitative estimate of drug-likeness (QED) is 0.846. The van der Waals surface area contributed by atoms with Crippen LogP contribution in [-0.2, 0) is 17.3 Å². The summed E-state index contributed by atoms with van der Waals surface area (Å²) in [7, 11) is -0.768. The fourth-order valence-electron chi connectivity index (χ4n) is 1.13. The molecule has 0 amide bonds. The highest BCUT2D eigenvalue weighted by Gasteiger charge is 2.05. The standard InChI is InChI=1S/C9H14ClNO2S/c1-7(6-14(2)12)11-5-8-3-4-9(10)13-8/h3-4,7,11H,5-6H2,1-2H3. The number of hydrogen-bond donors (Lipinski definition) is 1. The van der Waals surface area contributed by atoms with Gasteiger partial charge in [0.1, 0.15) is 5.76 Å². The van der Waals surface area contributed by atoms with Gasteiger partial charge >= 0.3 is 0 Å². The van der Waals surface area contributed by atoms with Crippen molar-refractivity contribution in [2.45, 2.75) is 19.5 Å². The third kappa shape index (κ3) is 4.26. The van der Waals surface area contributed by atoms with Crippen molar-refractivity contribution in [3.05, 3.63) is 23.1 Å². The predicted molar refractivity (Wildman–Crippen MR) is 59.0 cm³/mol. The van der Waals surface area contributed by atoms with Crippen LogP contribution >= 0.6 is 11.6 Å². The summed E-state index contributed by atoms with van der Waals surface area (Å²) in [6.45, 7) is 2.61. The summed E-state index contributed by atoms with van der Waals surface area (Å²) in [4.78, 5) is 0. The lowest BCUT2D eigenvalue weighted by Crippen LogP contribution is -2.30. The van der Waals surface area contributed by atoms with Gasteiger partial charge in [-0.2, -0.15) is 0 Å². The Hall–Kier alpha value is -0.320. The second-order valence-corrected chi connectivity index (χ2v) is 5.08. The Balaban J connectivity index is 2.30. The molecule has 3 nitrogen and oxygen atoms in total. The zero-order valence-electron chi connectivity index (χ0n) is 8.25. The Kier molecular flexibility index (Phi) is 4.65. The summed E-state index contributed by atoms with van der Waals surface area (Å²) in [5.74, 6) is 1.44. The van der Waals surface area contributed by atoms with Crippen LogP contribution in [0.1, 0.15) is 12.7 Å². The van der Waals surface area contributed by atoms with Gasteiger partial charge in [-0.05, 0) is 30.7 Å². The summed E-state index contributed by atoms with van der Waals surface area (Å²) < 4.78 is 16.1. The fraction of sp³-hybridized carbons (Fsp3) is 0.556. The molecule has 2 unspecified atom stereocenters. The summed E-state index contributed by atoms with van der Waals surface area (Å²) in [6, 6.07) is 3.75. The lowest BCUT2D eigenvalue weighted by Gasteiger charge is -2.10. The Morgan fingerprint density at radius 3 is 2.86 bits per heavy atom. The predicted octanol–water partition coefficient (Wildman–Crippen LogP) is 1.79. The van der Waals surface area contributed by atoms with Gasteiger partial charge in [0, 0.05) is 28.9 Å². The maximum Gasteiger partial charge on any atom is 0.193 e. The normalized spacial score (nSPS) is 15.4. The summed E-state index contributed by atoms with van der Waals surface area (Å²) in [5.41, 5.74) is 0.